The van der Waals surface area contributed by atoms with Gasteiger partial charge in [0.15, 0.2) is 23.1 Å². The number of nitrogens with zero attached hydrogens (tertiary/aromatic N) is 2. The lowest BCUT2D eigenvalue weighted by Gasteiger charge is -2.37. The lowest BCUT2D eigenvalue weighted by molar-refractivity contribution is -0.147. The molecule has 1 aromatic heterocycles. The number of methoxy groups -OCH3 is 1. The summed E-state index contributed by atoms with van der Waals surface area (Å²) in [5.74, 6) is -19.5. The molecule has 4 aromatic carbocycles. The minimum absolute atomic E-state index is 0.0473. The molecule has 0 spiro atoms. The van der Waals surface area contributed by atoms with Gasteiger partial charge in [0, 0.05) is 74.9 Å². The van der Waals surface area contributed by atoms with Crippen molar-refractivity contribution < 1.29 is 101 Å². The molecule has 1 saturated heterocycles. The van der Waals surface area contributed by atoms with Gasteiger partial charge in [-0.15, -0.1) is 0 Å². The average molecular weight is 1620 g/mol. The van der Waals surface area contributed by atoms with E-state index < -0.39 is 234 Å². The molecule has 2 heterocycles. The van der Waals surface area contributed by atoms with Gasteiger partial charge in [-0.25, -0.2) is 13.8 Å². The van der Waals surface area contributed by atoms with Crippen molar-refractivity contribution in [2.24, 2.45) is 40.4 Å². The highest BCUT2D eigenvalue weighted by molar-refractivity contribution is 6.01. The summed E-state index contributed by atoms with van der Waals surface area (Å²) in [4.78, 5) is 203. The number of aromatic amines is 1. The molecule has 31 nitrogen and oxygen atoms in total. The Morgan fingerprint density at radius 1 is 0.698 bits per heavy atom. The van der Waals surface area contributed by atoms with Gasteiger partial charge in [-0.2, -0.15) is 0 Å². The Bertz CT molecular complexity index is 4300. The number of likely N-dealkylation sites (tertiary alicyclic amines) is 1. The highest BCUT2D eigenvalue weighted by Gasteiger charge is 2.49. The van der Waals surface area contributed by atoms with Crippen LogP contribution in [0.5, 0.6) is 5.75 Å². The number of rotatable bonds is 48. The Kier molecular flexibility index (Phi) is 34.8. The van der Waals surface area contributed by atoms with Crippen LogP contribution in [0, 0.1) is 34.8 Å². The molecule has 13 atom stereocenters. The number of carboxylic acid groups (broad SMARTS) is 1. The number of ether oxygens (including phenoxy) is 1. The van der Waals surface area contributed by atoms with E-state index in [4.69, 9.17) is 21.9 Å². The van der Waals surface area contributed by atoms with E-state index in [-0.39, 0.29) is 44.6 Å². The first kappa shape index (κ1) is 93.8. The van der Waals surface area contributed by atoms with Crippen LogP contribution in [0.3, 0.4) is 0 Å². The number of Topliss-reactive ketones (excluding diaryl/α,β-unsaturated/α-hetero) is 4. The molecule has 630 valence electrons. The van der Waals surface area contributed by atoms with Crippen LogP contribution in [0.15, 0.2) is 104 Å². The number of aromatic nitrogens is 2. The maximum Gasteiger partial charge on any atom is 0.305 e. The highest BCUT2D eigenvalue weighted by Crippen LogP contribution is 2.35. The van der Waals surface area contributed by atoms with E-state index in [0.29, 0.717) is 42.7 Å². The number of hydrogen-bond donors (Lipinski definition) is 14. The Morgan fingerprint density at radius 2 is 1.34 bits per heavy atom. The number of amides is 9. The van der Waals surface area contributed by atoms with Gasteiger partial charge >= 0.3 is 5.97 Å². The summed E-state index contributed by atoms with van der Waals surface area (Å²) >= 11 is 0. The third kappa shape index (κ3) is 26.2. The monoisotopic (exact) mass is 1620 g/mol. The summed E-state index contributed by atoms with van der Waals surface area (Å²) in [6.45, 7) is 10.3. The first-order valence-electron chi connectivity index (χ1n) is 38.7. The number of aliphatic carboxylic acids is 1. The number of halogens is 2. The maximum absolute atomic E-state index is 15.7. The topological polar surface area (TPSA) is 511 Å². The normalized spacial score (nSPS) is 17.0. The molecular weight excluding hydrogens is 1510 g/mol. The molecule has 6 rings (SSSR count). The molecule has 0 aliphatic carbocycles. The Labute approximate surface area is 671 Å². The Balaban J connectivity index is 1.18. The maximum atomic E-state index is 15.7. The summed E-state index contributed by atoms with van der Waals surface area (Å²) in [6, 6.07) is 15.0. The largest absolute Gasteiger partial charge is 0.497 e. The van der Waals surface area contributed by atoms with E-state index in [9.17, 15) is 87.5 Å². The number of aryl methyl sites for hydroxylation is 2. The number of carboxylic acids is 1. The molecule has 1 aliphatic heterocycles. The van der Waals surface area contributed by atoms with Crippen molar-refractivity contribution in [3.05, 3.63) is 143 Å². The van der Waals surface area contributed by atoms with Crippen molar-refractivity contribution >= 4 is 82.3 Å². The van der Waals surface area contributed by atoms with Gasteiger partial charge in [0.2, 0.25) is 53.2 Å². The van der Waals surface area contributed by atoms with E-state index in [1.165, 1.54) is 31.3 Å². The zero-order chi connectivity index (χ0) is 86.1. The minimum atomic E-state index is -2.38. The van der Waals surface area contributed by atoms with Crippen molar-refractivity contribution in [3.63, 3.8) is 0 Å². The van der Waals surface area contributed by atoms with Gasteiger partial charge in [0.1, 0.15) is 46.6 Å². The van der Waals surface area contributed by atoms with E-state index >= 15 is 8.78 Å². The summed E-state index contributed by atoms with van der Waals surface area (Å²) < 4.78 is 36.7. The van der Waals surface area contributed by atoms with Gasteiger partial charge in [-0.3, -0.25) is 67.1 Å². The number of carbonyl (C=O) groups excluding carboxylic acids is 13. The predicted octanol–water partition coefficient (Wildman–Crippen LogP) is 3.08. The molecule has 17 N–H and O–H groups in total. The number of hydrogen-bond acceptors (Lipinski definition) is 20. The molecule has 0 radical (unpaired) electrons. The fraction of sp³-hybridized carbons (Fsp3) is 0.506. The van der Waals surface area contributed by atoms with Gasteiger partial charge in [-0.05, 0) is 143 Å². The predicted molar refractivity (Wildman–Crippen MR) is 420 cm³/mol. The molecule has 116 heavy (non-hydrogen) atoms. The molecular formula is C83H110F2N12O19. The summed E-state index contributed by atoms with van der Waals surface area (Å²) in [5.41, 5.74) is 15.7. The molecule has 0 bridgehead atoms. The lowest BCUT2D eigenvalue weighted by Crippen LogP contribution is -2.62. The minimum Gasteiger partial charge on any atom is -0.497 e. The summed E-state index contributed by atoms with van der Waals surface area (Å²) in [7, 11) is 1.55. The molecule has 1 aliphatic rings. The Morgan fingerprint density at radius 3 is 1.91 bits per heavy atom. The van der Waals surface area contributed by atoms with Crippen molar-refractivity contribution in [3.8, 4) is 16.9 Å². The number of benzene rings is 4. The Hall–Kier alpha value is -11.0. The second-order valence-corrected chi connectivity index (χ2v) is 30.9. The van der Waals surface area contributed by atoms with Crippen LogP contribution in [-0.2, 0) is 99.2 Å². The van der Waals surface area contributed by atoms with Crippen molar-refractivity contribution in [1.29, 1.82) is 0 Å². The van der Waals surface area contributed by atoms with Crippen LogP contribution in [0.4, 0.5) is 8.78 Å². The van der Waals surface area contributed by atoms with Crippen LogP contribution < -0.4 is 53.8 Å². The fourth-order valence-electron chi connectivity index (χ4n) is 14.0. The van der Waals surface area contributed by atoms with Gasteiger partial charge in [-0.1, -0.05) is 94.4 Å². The number of aliphatic hydroxyl groups is 3. The zero-order valence-electron chi connectivity index (χ0n) is 66.9. The fourth-order valence-corrected chi connectivity index (χ4v) is 14.0. The van der Waals surface area contributed by atoms with E-state index in [1.54, 1.807) is 39.2 Å². The molecule has 5 aromatic rings. The van der Waals surface area contributed by atoms with E-state index in [2.05, 4.69) is 41.9 Å². The van der Waals surface area contributed by atoms with Gasteiger partial charge < -0.3 is 84.1 Å². The van der Waals surface area contributed by atoms with Crippen molar-refractivity contribution in [2.45, 2.75) is 224 Å². The number of primary amides is 2. The number of aliphatic hydroxyl groups excluding tert-OH is 3. The molecule has 33 heteroatoms. The lowest BCUT2D eigenvalue weighted by atomic mass is 9.76. The number of H-pyrrole nitrogens is 1. The first-order valence-corrected chi connectivity index (χ1v) is 38.7. The van der Waals surface area contributed by atoms with Crippen molar-refractivity contribution in [1.82, 2.24) is 46.8 Å². The number of nitrogens with one attached hydrogen (secondary N) is 7. The van der Waals surface area contributed by atoms with Crippen LogP contribution in [0.1, 0.15) is 160 Å². The number of carbonyl (C=O) groups is 14. The number of ketones is 4. The van der Waals surface area contributed by atoms with Crippen LogP contribution in [0.2, 0.25) is 0 Å². The van der Waals surface area contributed by atoms with Crippen LogP contribution in [0.25, 0.3) is 11.1 Å². The summed E-state index contributed by atoms with van der Waals surface area (Å²) in [6.07, 6.45) is -6.30. The average Bonchev–Trinajstić information content (AvgIpc) is 1.66. The number of nitrogens with two attached hydrogens (primary N) is 3. The molecule has 9 amide bonds. The van der Waals surface area contributed by atoms with Crippen LogP contribution in [-0.4, -0.2) is 197 Å². The van der Waals surface area contributed by atoms with E-state index in [0.717, 1.165) is 61.2 Å². The smallest absolute Gasteiger partial charge is 0.305 e. The van der Waals surface area contributed by atoms with Crippen LogP contribution >= 0.6 is 0 Å². The van der Waals surface area contributed by atoms with Crippen molar-refractivity contribution in [2.75, 3.05) is 20.3 Å². The third-order valence-electron chi connectivity index (χ3n) is 21.3. The van der Waals surface area contributed by atoms with E-state index in [1.807, 2.05) is 61.5 Å². The summed E-state index contributed by atoms with van der Waals surface area (Å²) in [5, 5.41) is 58.0. The quantitative estimate of drug-likeness (QED) is 0.0266. The molecule has 0 saturated carbocycles. The van der Waals surface area contributed by atoms with Gasteiger partial charge in [0.25, 0.3) is 0 Å². The highest BCUT2D eigenvalue weighted by atomic mass is 19.1. The first-order chi connectivity index (χ1) is 54.7. The molecule has 1 unspecified atom stereocenters. The number of imidazole rings is 1. The SMILES string of the molecule is CCc1cc(OC)ccc1-c1ccc(C[C@H](CC(=O)[C@H](CC(=O)O)NC(=O)[C@H](CO)CC(=O)C(NC(=O)[C@@](C)(CC(=O)[C@@H](NC(=O)CCC(=O)[C@H](CCC(N)=O)NC(=O)[C@]2(C)CCCN2C(=O)[C@H](Cc2cnc[nH]2)NC(=O)[C@@H](N)C(C)C)[C@@H](C)O)Cc2c(F)cccc2F)[C@@H](C)O)C(=O)N[C@@](C)(CCCc2ccccc2)C(N)=O)cc1. The molecule has 1 fully saturated rings. The zero-order valence-corrected chi connectivity index (χ0v) is 66.9. The second kappa shape index (κ2) is 43.1. The second-order valence-electron chi connectivity index (χ2n) is 30.9. The van der Waals surface area contributed by atoms with Gasteiger partial charge in [0.05, 0.1) is 68.1 Å². The third-order valence-corrected chi connectivity index (χ3v) is 21.3. The standard InChI is InChI=1S/C83H110F2N12O19/c1-10-51-36-56(116-9)26-27-57(51)52-24-22-50(23-25-52)35-53(75(110)96-82(7,78(88)113)32-15-19-49-17-12-11-13-18-49)37-65(102)62(40-70(107)108)91-74(109)54(44-98)38-66(103)72(47(4)99)95-79(114)81(6,41-58-59(84)20-14-21-60(58)85)42-67(104)73(48(5)100)94-69(106)31-29-64(101)61(28-30-68(86)105)93-80(115)83(8)33-16-34-97(83)77(112)63(39-55-43-89-45-90-55)92-76(111)71(87)46(2)3/h11-14,17-18,20-27,36,43,45-48,53-54,61-63,71-73,98-100H,10,15-16,19,28-35,37-42,44,87H2,1-9H3,(H2,86,105)(H2,88,113)(H,89,90)(H,91,109)(H,92,111)(H,93,115)(H,94,106)(H,95,114)(H,96,110)(H,107,108)/t47-,48-,53-,54+,61+,62+,63+,71+,72?,73+,81-,82+,83+/m1/s1.